The average Bonchev–Trinajstić information content (AvgIpc) is 2.99. The molecule has 1 aromatic heterocycles. The van der Waals surface area contributed by atoms with E-state index in [9.17, 15) is 9.59 Å². The molecule has 8 heteroatoms. The zero-order chi connectivity index (χ0) is 21.5. The Hall–Kier alpha value is -2.38. The van der Waals surface area contributed by atoms with E-state index in [1.807, 2.05) is 44.9 Å². The Balaban J connectivity index is 1.56. The third kappa shape index (κ3) is 4.23. The number of fused-ring (bicyclic) bond motifs is 1. The quantitative estimate of drug-likeness (QED) is 0.750. The second-order valence-corrected chi connectivity index (χ2v) is 9.50. The molecule has 0 N–H and O–H groups in total. The number of carbonyl (C=O) groups excluding carboxylic acids is 2. The number of aromatic nitrogens is 2. The Kier molecular flexibility index (Phi) is 5.59. The summed E-state index contributed by atoms with van der Waals surface area (Å²) in [5, 5.41) is 5.25. The number of para-hydroxylation sites is 1. The number of piperazine rings is 1. The van der Waals surface area contributed by atoms with E-state index in [1.54, 1.807) is 11.9 Å². The second-order valence-electron chi connectivity index (χ2n) is 9.10. The van der Waals surface area contributed by atoms with Gasteiger partial charge in [0, 0.05) is 44.5 Å². The molecule has 0 aliphatic carbocycles. The predicted molar refractivity (Wildman–Crippen MR) is 116 cm³/mol. The van der Waals surface area contributed by atoms with Crippen LogP contribution in [0.5, 0.6) is 0 Å². The fourth-order valence-corrected chi connectivity index (χ4v) is 4.47. The van der Waals surface area contributed by atoms with Gasteiger partial charge in [0.05, 0.1) is 30.0 Å². The molecule has 0 spiro atoms. The van der Waals surface area contributed by atoms with Gasteiger partial charge in [0.25, 0.3) is 0 Å². The van der Waals surface area contributed by atoms with Crippen molar-refractivity contribution >= 4 is 23.4 Å². The predicted octanol–water partition coefficient (Wildman–Crippen LogP) is 2.21. The van der Waals surface area contributed by atoms with Crippen LogP contribution >= 0.6 is 11.6 Å². The van der Waals surface area contributed by atoms with Gasteiger partial charge in [-0.1, -0.05) is 37.6 Å². The average molecular weight is 430 g/mol. The normalized spacial score (nSPS) is 19.5. The van der Waals surface area contributed by atoms with Crippen molar-refractivity contribution in [3.63, 3.8) is 0 Å². The molecule has 2 aliphatic rings. The van der Waals surface area contributed by atoms with Gasteiger partial charge >= 0.3 is 0 Å². The SMILES string of the molecule is CN1CCN(CC(=O)N2Cc3cnn(-c4ccccc4Cl)c3CC(C)(C)C2)CC1=O. The van der Waals surface area contributed by atoms with E-state index in [1.165, 1.54) is 0 Å². The molecule has 0 radical (unpaired) electrons. The van der Waals surface area contributed by atoms with Crippen molar-refractivity contribution < 1.29 is 9.59 Å². The highest BCUT2D eigenvalue weighted by Crippen LogP contribution is 2.32. The van der Waals surface area contributed by atoms with Gasteiger partial charge in [-0.3, -0.25) is 14.5 Å². The Morgan fingerprint density at radius 3 is 2.70 bits per heavy atom. The first kappa shape index (κ1) is 20.9. The lowest BCUT2D eigenvalue weighted by Crippen LogP contribution is -2.52. The topological polar surface area (TPSA) is 61.7 Å². The third-order valence-corrected chi connectivity index (χ3v) is 6.23. The van der Waals surface area contributed by atoms with Gasteiger partial charge in [0.15, 0.2) is 0 Å². The molecule has 0 saturated carbocycles. The molecule has 0 atom stereocenters. The molecule has 0 unspecified atom stereocenters. The summed E-state index contributed by atoms with van der Waals surface area (Å²) in [4.78, 5) is 30.7. The minimum Gasteiger partial charge on any atom is -0.343 e. The largest absolute Gasteiger partial charge is 0.343 e. The zero-order valence-corrected chi connectivity index (χ0v) is 18.5. The maximum Gasteiger partial charge on any atom is 0.237 e. The molecule has 30 heavy (non-hydrogen) atoms. The van der Waals surface area contributed by atoms with Crippen LogP contribution in [-0.4, -0.2) is 76.1 Å². The van der Waals surface area contributed by atoms with Crippen molar-refractivity contribution in [2.45, 2.75) is 26.8 Å². The monoisotopic (exact) mass is 429 g/mol. The summed E-state index contributed by atoms with van der Waals surface area (Å²) < 4.78 is 1.91. The van der Waals surface area contributed by atoms with Crippen molar-refractivity contribution in [3.8, 4) is 5.69 Å². The molecule has 160 valence electrons. The van der Waals surface area contributed by atoms with Gasteiger partial charge < -0.3 is 9.80 Å². The van der Waals surface area contributed by atoms with Crippen LogP contribution in [0.3, 0.4) is 0 Å². The Morgan fingerprint density at radius 2 is 1.97 bits per heavy atom. The first-order valence-corrected chi connectivity index (χ1v) is 10.7. The summed E-state index contributed by atoms with van der Waals surface area (Å²) in [7, 11) is 1.80. The van der Waals surface area contributed by atoms with Crippen molar-refractivity contribution in [1.82, 2.24) is 24.5 Å². The summed E-state index contributed by atoms with van der Waals surface area (Å²) in [5.74, 6) is 0.118. The van der Waals surface area contributed by atoms with Gasteiger partial charge in [0.1, 0.15) is 0 Å². The smallest absolute Gasteiger partial charge is 0.237 e. The van der Waals surface area contributed by atoms with E-state index in [-0.39, 0.29) is 23.8 Å². The van der Waals surface area contributed by atoms with Gasteiger partial charge in [0.2, 0.25) is 11.8 Å². The van der Waals surface area contributed by atoms with Crippen molar-refractivity contribution in [2.75, 3.05) is 39.8 Å². The number of halogens is 1. The molecular weight excluding hydrogens is 402 g/mol. The van der Waals surface area contributed by atoms with Crippen LogP contribution in [0.1, 0.15) is 25.1 Å². The lowest BCUT2D eigenvalue weighted by Gasteiger charge is -2.34. The molecule has 7 nitrogen and oxygen atoms in total. The van der Waals surface area contributed by atoms with Crippen LogP contribution in [0.15, 0.2) is 30.5 Å². The number of hydrogen-bond acceptors (Lipinski definition) is 4. The second kappa shape index (κ2) is 8.04. The highest BCUT2D eigenvalue weighted by atomic mass is 35.5. The summed E-state index contributed by atoms with van der Waals surface area (Å²) in [6.07, 6.45) is 2.64. The summed E-state index contributed by atoms with van der Waals surface area (Å²) in [5.41, 5.74) is 2.88. The first-order valence-electron chi connectivity index (χ1n) is 10.3. The van der Waals surface area contributed by atoms with Crippen molar-refractivity contribution in [3.05, 3.63) is 46.7 Å². The van der Waals surface area contributed by atoms with Gasteiger partial charge in [-0.25, -0.2) is 4.68 Å². The number of hydrogen-bond donors (Lipinski definition) is 0. The van der Waals surface area contributed by atoms with E-state index in [0.717, 1.165) is 29.9 Å². The summed E-state index contributed by atoms with van der Waals surface area (Å²) in [6.45, 7) is 7.47. The molecule has 1 saturated heterocycles. The fraction of sp³-hybridized carbons (Fsp3) is 0.500. The van der Waals surface area contributed by atoms with Crippen LogP contribution < -0.4 is 0 Å². The number of benzene rings is 1. The minimum absolute atomic E-state index is 0.0544. The molecule has 0 bridgehead atoms. The van der Waals surface area contributed by atoms with E-state index >= 15 is 0 Å². The first-order chi connectivity index (χ1) is 14.2. The van der Waals surface area contributed by atoms with Gasteiger partial charge in [-0.15, -0.1) is 0 Å². The van der Waals surface area contributed by atoms with Gasteiger partial charge in [-0.05, 0) is 24.0 Å². The molecule has 3 heterocycles. The van der Waals surface area contributed by atoms with E-state index < -0.39 is 0 Å². The lowest BCUT2D eigenvalue weighted by atomic mass is 9.87. The number of amides is 2. The minimum atomic E-state index is -0.113. The van der Waals surface area contributed by atoms with Crippen LogP contribution in [-0.2, 0) is 22.6 Å². The maximum atomic E-state index is 13.1. The van der Waals surface area contributed by atoms with E-state index in [2.05, 4.69) is 18.9 Å². The summed E-state index contributed by atoms with van der Waals surface area (Å²) in [6, 6.07) is 7.67. The highest BCUT2D eigenvalue weighted by Gasteiger charge is 2.34. The van der Waals surface area contributed by atoms with Crippen LogP contribution in [0.4, 0.5) is 0 Å². The molecular formula is C22H28ClN5O2. The Bertz CT molecular complexity index is 970. The Morgan fingerprint density at radius 1 is 1.20 bits per heavy atom. The lowest BCUT2D eigenvalue weighted by molar-refractivity contribution is -0.139. The standard InChI is InChI=1S/C22H28ClN5O2/c1-22(2)10-19-16(11-24-28(19)18-7-5-4-6-17(18)23)12-27(15-22)21(30)14-26-9-8-25(3)20(29)13-26/h4-7,11H,8-10,12-15H2,1-3H3. The summed E-state index contributed by atoms with van der Waals surface area (Å²) >= 11 is 6.42. The molecule has 2 aromatic rings. The number of likely N-dealkylation sites (N-methyl/N-ethyl adjacent to an activating group) is 1. The van der Waals surface area contributed by atoms with Crippen LogP contribution in [0.25, 0.3) is 5.69 Å². The maximum absolute atomic E-state index is 13.1. The molecule has 1 fully saturated rings. The molecule has 1 aromatic carbocycles. The Labute approximate surface area is 182 Å². The number of rotatable bonds is 3. The van der Waals surface area contributed by atoms with E-state index in [4.69, 9.17) is 11.6 Å². The number of carbonyl (C=O) groups is 2. The highest BCUT2D eigenvalue weighted by molar-refractivity contribution is 6.32. The van der Waals surface area contributed by atoms with Crippen LogP contribution in [0.2, 0.25) is 5.02 Å². The number of nitrogens with zero attached hydrogens (tertiary/aromatic N) is 5. The van der Waals surface area contributed by atoms with Crippen molar-refractivity contribution in [1.29, 1.82) is 0 Å². The molecule has 2 amide bonds. The van der Waals surface area contributed by atoms with Crippen LogP contribution in [0, 0.1) is 5.41 Å². The van der Waals surface area contributed by atoms with Crippen molar-refractivity contribution in [2.24, 2.45) is 5.41 Å². The molecule has 4 rings (SSSR count). The third-order valence-electron chi connectivity index (χ3n) is 5.91. The fourth-order valence-electron chi connectivity index (χ4n) is 4.26. The zero-order valence-electron chi connectivity index (χ0n) is 17.8. The van der Waals surface area contributed by atoms with E-state index in [0.29, 0.717) is 31.2 Å². The van der Waals surface area contributed by atoms with Gasteiger partial charge in [-0.2, -0.15) is 5.10 Å². The molecule has 2 aliphatic heterocycles.